The van der Waals surface area contributed by atoms with Gasteiger partial charge in [-0.2, -0.15) is 4.98 Å². The summed E-state index contributed by atoms with van der Waals surface area (Å²) in [5.74, 6) is 0.485. The zero-order chi connectivity index (χ0) is 11.0. The Morgan fingerprint density at radius 1 is 1.50 bits per heavy atom. The smallest absolute Gasteiger partial charge is 0.224 e. The first kappa shape index (κ1) is 9.57. The molecule has 0 aliphatic heterocycles. The van der Waals surface area contributed by atoms with E-state index in [-0.39, 0.29) is 0 Å². The van der Waals surface area contributed by atoms with Gasteiger partial charge in [-0.1, -0.05) is 0 Å². The quantitative estimate of drug-likeness (QED) is 0.834. The van der Waals surface area contributed by atoms with Crippen molar-refractivity contribution in [2.75, 3.05) is 11.9 Å². The number of halogens is 1. The third-order valence-electron chi connectivity index (χ3n) is 3.11. The van der Waals surface area contributed by atoms with E-state index in [0.29, 0.717) is 25.3 Å². The highest BCUT2D eigenvalue weighted by atomic mass is 19.1. The van der Waals surface area contributed by atoms with Gasteiger partial charge in [-0.3, -0.25) is 0 Å². The molecule has 0 spiro atoms. The van der Waals surface area contributed by atoms with E-state index in [4.69, 9.17) is 0 Å². The van der Waals surface area contributed by atoms with Gasteiger partial charge in [-0.15, -0.1) is 0 Å². The Labute approximate surface area is 92.3 Å². The fraction of sp³-hybridized carbons (Fsp3) is 0.455. The van der Waals surface area contributed by atoms with E-state index in [1.165, 1.54) is 0 Å². The molecule has 0 amide bonds. The third-order valence-corrected chi connectivity index (χ3v) is 3.11. The Kier molecular flexibility index (Phi) is 2.05. The lowest BCUT2D eigenvalue weighted by molar-refractivity contribution is 0.0782. The Balaban J connectivity index is 1.73. The number of hydrogen-bond donors (Lipinski definition) is 2. The number of anilines is 1. The average Bonchev–Trinajstić information content (AvgIpc) is 2.70. The topological polar surface area (TPSA) is 53.6 Å². The predicted molar refractivity (Wildman–Crippen MR) is 60.1 cm³/mol. The summed E-state index contributed by atoms with van der Waals surface area (Å²) < 4.78 is 13.7. The summed E-state index contributed by atoms with van der Waals surface area (Å²) in [6, 6.07) is 1.90. The molecule has 0 radical (unpaired) electrons. The fourth-order valence-corrected chi connectivity index (χ4v) is 1.90. The third kappa shape index (κ3) is 1.62. The van der Waals surface area contributed by atoms with Crippen molar-refractivity contribution in [3.63, 3.8) is 0 Å². The second-order valence-corrected chi connectivity index (χ2v) is 4.33. The van der Waals surface area contributed by atoms with Crippen molar-refractivity contribution in [2.45, 2.75) is 24.9 Å². The molecule has 5 heteroatoms. The second kappa shape index (κ2) is 3.43. The van der Waals surface area contributed by atoms with Crippen LogP contribution in [0.1, 0.15) is 19.3 Å². The van der Waals surface area contributed by atoms with Gasteiger partial charge in [0.15, 0.2) is 0 Å². The van der Waals surface area contributed by atoms with E-state index in [0.717, 1.165) is 17.5 Å². The Bertz CT molecular complexity index is 503. The van der Waals surface area contributed by atoms with Gasteiger partial charge in [-0.05, 0) is 25.3 Å². The van der Waals surface area contributed by atoms with Crippen LogP contribution in [0.3, 0.4) is 0 Å². The lowest BCUT2D eigenvalue weighted by atomic mass is 9.82. The molecule has 2 aromatic rings. The Morgan fingerprint density at radius 2 is 2.38 bits per heavy atom. The van der Waals surface area contributed by atoms with Crippen LogP contribution in [0.2, 0.25) is 0 Å². The molecular formula is C11H13FN4. The molecule has 0 atom stereocenters. The van der Waals surface area contributed by atoms with Crippen LogP contribution in [0.4, 0.5) is 10.3 Å². The number of aromatic amines is 1. The molecule has 0 aromatic carbocycles. The van der Waals surface area contributed by atoms with Crippen molar-refractivity contribution in [2.24, 2.45) is 0 Å². The number of fused-ring (bicyclic) bond motifs is 1. The Morgan fingerprint density at radius 3 is 3.12 bits per heavy atom. The van der Waals surface area contributed by atoms with Crippen LogP contribution in [0.5, 0.6) is 0 Å². The highest BCUT2D eigenvalue weighted by Crippen LogP contribution is 2.35. The highest BCUT2D eigenvalue weighted by Gasteiger charge is 2.36. The lowest BCUT2D eigenvalue weighted by Crippen LogP contribution is -2.39. The van der Waals surface area contributed by atoms with Crippen LogP contribution in [0.25, 0.3) is 11.0 Å². The summed E-state index contributed by atoms with van der Waals surface area (Å²) >= 11 is 0. The molecule has 16 heavy (non-hydrogen) atoms. The second-order valence-electron chi connectivity index (χ2n) is 4.33. The summed E-state index contributed by atoms with van der Waals surface area (Å²) in [6.45, 7) is 0.305. The van der Waals surface area contributed by atoms with Gasteiger partial charge < -0.3 is 10.3 Å². The van der Waals surface area contributed by atoms with E-state index in [1.54, 1.807) is 6.20 Å². The average molecular weight is 220 g/mol. The number of rotatable bonds is 3. The van der Waals surface area contributed by atoms with Gasteiger partial charge >= 0.3 is 0 Å². The van der Waals surface area contributed by atoms with Crippen molar-refractivity contribution in [3.05, 3.63) is 18.5 Å². The predicted octanol–water partition coefficient (Wildman–Crippen LogP) is 2.26. The zero-order valence-corrected chi connectivity index (χ0v) is 8.83. The van der Waals surface area contributed by atoms with Crippen LogP contribution >= 0.6 is 0 Å². The van der Waals surface area contributed by atoms with Crippen molar-refractivity contribution < 1.29 is 4.39 Å². The minimum Gasteiger partial charge on any atom is -0.351 e. The molecule has 1 fully saturated rings. The maximum atomic E-state index is 13.7. The molecule has 2 heterocycles. The van der Waals surface area contributed by atoms with Gasteiger partial charge in [0.2, 0.25) is 5.95 Å². The first-order chi connectivity index (χ1) is 7.75. The number of hydrogen-bond acceptors (Lipinski definition) is 3. The summed E-state index contributed by atoms with van der Waals surface area (Å²) in [7, 11) is 0. The number of nitrogens with one attached hydrogen (secondary N) is 2. The maximum Gasteiger partial charge on any atom is 0.224 e. The van der Waals surface area contributed by atoms with Gasteiger partial charge in [0, 0.05) is 17.8 Å². The Hall–Kier alpha value is -1.65. The fourth-order valence-electron chi connectivity index (χ4n) is 1.90. The molecule has 84 valence electrons. The minimum absolute atomic E-state index is 0.305. The highest BCUT2D eigenvalue weighted by molar-refractivity contribution is 5.75. The van der Waals surface area contributed by atoms with Gasteiger partial charge in [0.05, 0.1) is 6.54 Å². The molecule has 0 unspecified atom stereocenters. The van der Waals surface area contributed by atoms with E-state index in [1.807, 2.05) is 12.3 Å². The maximum absolute atomic E-state index is 13.7. The standard InChI is InChI=1S/C11H13FN4/c12-11(3-1-4-11)7-15-10-14-6-8-2-5-13-9(8)16-10/h2,5-6H,1,3-4,7H2,(H2,13,14,15,16). The van der Waals surface area contributed by atoms with E-state index in [2.05, 4.69) is 20.3 Å². The molecule has 0 bridgehead atoms. The summed E-state index contributed by atoms with van der Waals surface area (Å²) in [4.78, 5) is 11.4. The summed E-state index contributed by atoms with van der Waals surface area (Å²) in [6.07, 6.45) is 5.81. The first-order valence-electron chi connectivity index (χ1n) is 5.48. The zero-order valence-electron chi connectivity index (χ0n) is 8.83. The van der Waals surface area contributed by atoms with Crippen LogP contribution < -0.4 is 5.32 Å². The van der Waals surface area contributed by atoms with Gasteiger partial charge in [-0.25, -0.2) is 9.37 Å². The molecule has 1 aliphatic carbocycles. The van der Waals surface area contributed by atoms with Gasteiger partial charge in [0.25, 0.3) is 0 Å². The minimum atomic E-state index is -1.05. The van der Waals surface area contributed by atoms with Crippen molar-refractivity contribution in [3.8, 4) is 0 Å². The summed E-state index contributed by atoms with van der Waals surface area (Å²) in [5.41, 5.74) is -0.271. The first-order valence-corrected chi connectivity index (χ1v) is 5.48. The number of alkyl halides is 1. The molecule has 1 saturated carbocycles. The van der Waals surface area contributed by atoms with Crippen LogP contribution in [0, 0.1) is 0 Å². The van der Waals surface area contributed by atoms with Crippen molar-refractivity contribution in [1.29, 1.82) is 0 Å². The number of aromatic nitrogens is 3. The van der Waals surface area contributed by atoms with E-state index >= 15 is 0 Å². The lowest BCUT2D eigenvalue weighted by Gasteiger charge is -2.33. The normalized spacial score (nSPS) is 18.3. The summed E-state index contributed by atoms with van der Waals surface area (Å²) in [5, 5.41) is 3.91. The molecule has 3 rings (SSSR count). The van der Waals surface area contributed by atoms with Crippen LogP contribution in [-0.2, 0) is 0 Å². The van der Waals surface area contributed by atoms with Gasteiger partial charge in [0.1, 0.15) is 11.3 Å². The monoisotopic (exact) mass is 220 g/mol. The molecule has 4 nitrogen and oxygen atoms in total. The van der Waals surface area contributed by atoms with Crippen molar-refractivity contribution in [1.82, 2.24) is 15.0 Å². The van der Waals surface area contributed by atoms with E-state index < -0.39 is 5.67 Å². The molecule has 2 N–H and O–H groups in total. The number of nitrogens with zero attached hydrogens (tertiary/aromatic N) is 2. The number of H-pyrrole nitrogens is 1. The van der Waals surface area contributed by atoms with Crippen LogP contribution in [0.15, 0.2) is 18.5 Å². The molecule has 2 aromatic heterocycles. The molecule has 0 saturated heterocycles. The SMILES string of the molecule is FC1(CNc2ncc3cc[nH]c3n2)CCC1. The largest absolute Gasteiger partial charge is 0.351 e. The van der Waals surface area contributed by atoms with Crippen LogP contribution in [-0.4, -0.2) is 27.2 Å². The van der Waals surface area contributed by atoms with Crippen molar-refractivity contribution >= 4 is 17.0 Å². The molecule has 1 aliphatic rings. The molecular weight excluding hydrogens is 207 g/mol. The van der Waals surface area contributed by atoms with E-state index in [9.17, 15) is 4.39 Å².